The lowest BCUT2D eigenvalue weighted by molar-refractivity contribution is 0.0945. The first kappa shape index (κ1) is 19.7. The van der Waals surface area contributed by atoms with Crippen molar-refractivity contribution in [2.24, 2.45) is 0 Å². The average molecular weight is 377 g/mol. The highest BCUT2D eigenvalue weighted by atomic mass is 16.5. The van der Waals surface area contributed by atoms with E-state index in [1.807, 2.05) is 61.5 Å². The summed E-state index contributed by atoms with van der Waals surface area (Å²) in [6, 6.07) is 17.5. The Kier molecular flexibility index (Phi) is 6.48. The number of ether oxygens (including phenoxy) is 1. The van der Waals surface area contributed by atoms with E-state index in [4.69, 9.17) is 9.84 Å². The maximum atomic E-state index is 12.8. The van der Waals surface area contributed by atoms with Gasteiger partial charge in [-0.2, -0.15) is 5.10 Å². The number of carbonyl (C=O) groups is 1. The van der Waals surface area contributed by atoms with E-state index in [0.29, 0.717) is 12.2 Å². The summed E-state index contributed by atoms with van der Waals surface area (Å²) in [4.78, 5) is 12.8. The molecule has 3 aromatic rings. The lowest BCUT2D eigenvalue weighted by atomic mass is 10.1. The van der Waals surface area contributed by atoms with Gasteiger partial charge in [0, 0.05) is 12.1 Å². The molecular formula is C23H27N3O2. The highest BCUT2D eigenvalue weighted by Gasteiger charge is 2.17. The van der Waals surface area contributed by atoms with Gasteiger partial charge in [0.15, 0.2) is 0 Å². The standard InChI is InChI=1S/C23H27N3O2/c1-4-5-6-15-24-23(27)22-16-21(18-9-13-20(28-3)14-10-18)25-26(22)19-11-7-17(2)8-12-19/h7-14,16H,4-6,15H2,1-3H3,(H,24,27). The van der Waals surface area contributed by atoms with Crippen LogP contribution in [0.15, 0.2) is 54.6 Å². The lowest BCUT2D eigenvalue weighted by Crippen LogP contribution is -2.26. The minimum absolute atomic E-state index is 0.107. The Bertz CT molecular complexity index is 912. The van der Waals surface area contributed by atoms with E-state index >= 15 is 0 Å². The summed E-state index contributed by atoms with van der Waals surface area (Å²) in [7, 11) is 1.64. The van der Waals surface area contributed by atoms with Gasteiger partial charge >= 0.3 is 0 Å². The number of carbonyl (C=O) groups excluding carboxylic acids is 1. The number of hydrogen-bond donors (Lipinski definition) is 1. The SMILES string of the molecule is CCCCCNC(=O)c1cc(-c2ccc(OC)cc2)nn1-c1ccc(C)cc1. The van der Waals surface area contributed by atoms with Crippen LogP contribution in [0, 0.1) is 6.92 Å². The third-order valence-electron chi connectivity index (χ3n) is 4.67. The van der Waals surface area contributed by atoms with Crippen molar-refractivity contribution in [3.05, 3.63) is 65.9 Å². The molecule has 0 unspecified atom stereocenters. The summed E-state index contributed by atoms with van der Waals surface area (Å²) in [5.41, 5.74) is 4.25. The molecule has 0 spiro atoms. The Hall–Kier alpha value is -3.08. The molecule has 146 valence electrons. The van der Waals surface area contributed by atoms with Crippen molar-refractivity contribution in [2.45, 2.75) is 33.1 Å². The number of rotatable bonds is 8. The molecule has 0 radical (unpaired) electrons. The first-order valence-electron chi connectivity index (χ1n) is 9.72. The quantitative estimate of drug-likeness (QED) is 0.575. The predicted octanol–water partition coefficient (Wildman–Crippen LogP) is 4.78. The molecule has 0 aliphatic carbocycles. The molecule has 5 nitrogen and oxygen atoms in total. The number of aryl methyl sites for hydroxylation is 1. The number of methoxy groups -OCH3 is 1. The van der Waals surface area contributed by atoms with Crippen LogP contribution in [0.25, 0.3) is 16.9 Å². The Morgan fingerprint density at radius 3 is 2.43 bits per heavy atom. The molecule has 0 bridgehead atoms. The molecule has 28 heavy (non-hydrogen) atoms. The third kappa shape index (κ3) is 4.60. The van der Waals surface area contributed by atoms with Crippen LogP contribution < -0.4 is 10.1 Å². The van der Waals surface area contributed by atoms with E-state index in [-0.39, 0.29) is 5.91 Å². The second-order valence-electron chi connectivity index (χ2n) is 6.85. The number of nitrogens with zero attached hydrogens (tertiary/aromatic N) is 2. The zero-order valence-corrected chi connectivity index (χ0v) is 16.7. The van der Waals surface area contributed by atoms with Gasteiger partial charge in [-0.15, -0.1) is 0 Å². The van der Waals surface area contributed by atoms with Crippen LogP contribution >= 0.6 is 0 Å². The van der Waals surface area contributed by atoms with E-state index < -0.39 is 0 Å². The number of nitrogens with one attached hydrogen (secondary N) is 1. The van der Waals surface area contributed by atoms with E-state index in [1.165, 1.54) is 0 Å². The first-order valence-corrected chi connectivity index (χ1v) is 9.72. The van der Waals surface area contributed by atoms with Gasteiger partial charge in [-0.1, -0.05) is 37.5 Å². The van der Waals surface area contributed by atoms with Crippen molar-refractivity contribution in [1.29, 1.82) is 0 Å². The van der Waals surface area contributed by atoms with Crippen LogP contribution in [0.1, 0.15) is 42.2 Å². The predicted molar refractivity (Wildman–Crippen MR) is 112 cm³/mol. The zero-order chi connectivity index (χ0) is 19.9. The summed E-state index contributed by atoms with van der Waals surface area (Å²) in [6.45, 7) is 4.86. The van der Waals surface area contributed by atoms with Gasteiger partial charge in [-0.05, 0) is 55.8 Å². The molecule has 5 heteroatoms. The van der Waals surface area contributed by atoms with E-state index in [2.05, 4.69) is 12.2 Å². The molecule has 1 amide bonds. The largest absolute Gasteiger partial charge is 0.497 e. The van der Waals surface area contributed by atoms with Crippen LogP contribution in [-0.2, 0) is 0 Å². The Morgan fingerprint density at radius 2 is 1.79 bits per heavy atom. The van der Waals surface area contributed by atoms with Crippen LogP contribution in [-0.4, -0.2) is 29.3 Å². The van der Waals surface area contributed by atoms with Crippen molar-refractivity contribution in [3.63, 3.8) is 0 Å². The van der Waals surface area contributed by atoms with Crippen molar-refractivity contribution in [2.75, 3.05) is 13.7 Å². The molecule has 0 saturated carbocycles. The summed E-state index contributed by atoms with van der Waals surface area (Å²) in [5.74, 6) is 0.680. The molecule has 0 aliphatic heterocycles. The second kappa shape index (κ2) is 9.22. The van der Waals surface area contributed by atoms with Crippen LogP contribution in [0.5, 0.6) is 5.75 Å². The Morgan fingerprint density at radius 1 is 1.07 bits per heavy atom. The highest BCUT2D eigenvalue weighted by Crippen LogP contribution is 2.24. The van der Waals surface area contributed by atoms with Crippen molar-refractivity contribution in [1.82, 2.24) is 15.1 Å². The topological polar surface area (TPSA) is 56.1 Å². The number of amides is 1. The fourth-order valence-electron chi connectivity index (χ4n) is 3.00. The molecule has 1 aromatic heterocycles. The molecule has 0 fully saturated rings. The van der Waals surface area contributed by atoms with Gasteiger partial charge in [-0.3, -0.25) is 4.79 Å². The van der Waals surface area contributed by atoms with Gasteiger partial charge in [0.05, 0.1) is 18.5 Å². The van der Waals surface area contributed by atoms with Crippen LogP contribution in [0.2, 0.25) is 0 Å². The smallest absolute Gasteiger partial charge is 0.270 e. The molecule has 0 atom stereocenters. The Balaban J connectivity index is 1.94. The fourth-order valence-corrected chi connectivity index (χ4v) is 3.00. The monoisotopic (exact) mass is 377 g/mol. The number of aromatic nitrogens is 2. The van der Waals surface area contributed by atoms with E-state index in [0.717, 1.165) is 47.5 Å². The molecule has 0 saturated heterocycles. The first-order chi connectivity index (χ1) is 13.6. The normalized spacial score (nSPS) is 10.7. The lowest BCUT2D eigenvalue weighted by Gasteiger charge is -2.08. The Labute approximate surface area is 166 Å². The number of benzene rings is 2. The molecular weight excluding hydrogens is 350 g/mol. The number of unbranched alkanes of at least 4 members (excludes halogenated alkanes) is 2. The molecule has 1 N–H and O–H groups in total. The molecule has 3 rings (SSSR count). The summed E-state index contributed by atoms with van der Waals surface area (Å²) in [5, 5.41) is 7.73. The minimum Gasteiger partial charge on any atom is -0.497 e. The van der Waals surface area contributed by atoms with Gasteiger partial charge in [-0.25, -0.2) is 4.68 Å². The van der Waals surface area contributed by atoms with Crippen LogP contribution in [0.4, 0.5) is 0 Å². The third-order valence-corrected chi connectivity index (χ3v) is 4.67. The molecule has 1 heterocycles. The minimum atomic E-state index is -0.107. The van der Waals surface area contributed by atoms with Crippen molar-refractivity contribution < 1.29 is 9.53 Å². The van der Waals surface area contributed by atoms with Gasteiger partial charge < -0.3 is 10.1 Å². The van der Waals surface area contributed by atoms with Crippen LogP contribution in [0.3, 0.4) is 0 Å². The highest BCUT2D eigenvalue weighted by molar-refractivity contribution is 5.94. The van der Waals surface area contributed by atoms with Gasteiger partial charge in [0.1, 0.15) is 11.4 Å². The fraction of sp³-hybridized carbons (Fsp3) is 0.304. The number of hydrogen-bond acceptors (Lipinski definition) is 3. The summed E-state index contributed by atoms with van der Waals surface area (Å²) in [6.07, 6.45) is 3.21. The van der Waals surface area contributed by atoms with Crippen molar-refractivity contribution >= 4 is 5.91 Å². The van der Waals surface area contributed by atoms with Gasteiger partial charge in [0.25, 0.3) is 5.91 Å². The van der Waals surface area contributed by atoms with Crippen molar-refractivity contribution in [3.8, 4) is 22.7 Å². The molecule has 2 aromatic carbocycles. The maximum absolute atomic E-state index is 12.8. The second-order valence-corrected chi connectivity index (χ2v) is 6.85. The zero-order valence-electron chi connectivity index (χ0n) is 16.7. The maximum Gasteiger partial charge on any atom is 0.270 e. The molecule has 0 aliphatic rings. The summed E-state index contributed by atoms with van der Waals surface area (Å²) < 4.78 is 6.94. The van der Waals surface area contributed by atoms with E-state index in [9.17, 15) is 4.79 Å². The average Bonchev–Trinajstić information content (AvgIpc) is 3.17. The van der Waals surface area contributed by atoms with E-state index in [1.54, 1.807) is 11.8 Å². The summed E-state index contributed by atoms with van der Waals surface area (Å²) >= 11 is 0. The van der Waals surface area contributed by atoms with Gasteiger partial charge in [0.2, 0.25) is 0 Å².